The summed E-state index contributed by atoms with van der Waals surface area (Å²) in [7, 11) is 0. The van der Waals surface area contributed by atoms with Gasteiger partial charge in [0.05, 0.1) is 18.8 Å². The zero-order valence-electron chi connectivity index (χ0n) is 9.80. The summed E-state index contributed by atoms with van der Waals surface area (Å²) in [5, 5.41) is 12.2. The van der Waals surface area contributed by atoms with Crippen LogP contribution in [0.1, 0.15) is 12.0 Å². The first-order chi connectivity index (χ1) is 8.70. The number of nitrogens with two attached hydrogens (primary N) is 1. The minimum Gasteiger partial charge on any atom is -0.492 e. The highest BCUT2D eigenvalue weighted by molar-refractivity contribution is 6.31. The molecule has 3 N–H and O–H groups in total. The third-order valence-electron chi connectivity index (χ3n) is 2.82. The predicted molar refractivity (Wildman–Crippen MR) is 68.4 cm³/mol. The molecule has 5 nitrogen and oxygen atoms in total. The molecule has 0 saturated carbocycles. The van der Waals surface area contributed by atoms with Gasteiger partial charge in [0.15, 0.2) is 5.84 Å². The van der Waals surface area contributed by atoms with Crippen LogP contribution in [0.5, 0.6) is 5.75 Å². The van der Waals surface area contributed by atoms with Gasteiger partial charge in [0.2, 0.25) is 0 Å². The Balaban J connectivity index is 2.10. The monoisotopic (exact) mass is 270 g/mol. The van der Waals surface area contributed by atoms with Crippen LogP contribution in [-0.2, 0) is 4.74 Å². The number of rotatable bonds is 4. The molecule has 1 saturated heterocycles. The molecule has 0 bridgehead atoms. The van der Waals surface area contributed by atoms with Crippen molar-refractivity contribution in [1.82, 2.24) is 0 Å². The normalized spacial score (nSPS) is 20.1. The SMILES string of the molecule is NC(=NO)c1cc(Cl)ccc1OCC1CCOC1. The van der Waals surface area contributed by atoms with Crippen molar-refractivity contribution >= 4 is 17.4 Å². The highest BCUT2D eigenvalue weighted by Gasteiger charge is 2.17. The van der Waals surface area contributed by atoms with Gasteiger partial charge in [-0.1, -0.05) is 16.8 Å². The summed E-state index contributed by atoms with van der Waals surface area (Å²) in [6.07, 6.45) is 0.993. The molecule has 1 aliphatic rings. The summed E-state index contributed by atoms with van der Waals surface area (Å²) in [5.74, 6) is 0.928. The van der Waals surface area contributed by atoms with Crippen molar-refractivity contribution < 1.29 is 14.7 Å². The van der Waals surface area contributed by atoms with E-state index in [2.05, 4.69) is 5.16 Å². The maximum atomic E-state index is 8.73. The van der Waals surface area contributed by atoms with E-state index in [-0.39, 0.29) is 5.84 Å². The molecular formula is C12H15ClN2O3. The van der Waals surface area contributed by atoms with Gasteiger partial charge in [0.1, 0.15) is 5.75 Å². The fraction of sp³-hybridized carbons (Fsp3) is 0.417. The summed E-state index contributed by atoms with van der Waals surface area (Å²) < 4.78 is 11.0. The highest BCUT2D eigenvalue weighted by atomic mass is 35.5. The average molecular weight is 271 g/mol. The lowest BCUT2D eigenvalue weighted by Gasteiger charge is -2.13. The van der Waals surface area contributed by atoms with Crippen molar-refractivity contribution in [3.05, 3.63) is 28.8 Å². The highest BCUT2D eigenvalue weighted by Crippen LogP contribution is 2.24. The molecule has 0 spiro atoms. The Bertz CT molecular complexity index is 445. The first kappa shape index (κ1) is 13.0. The zero-order valence-corrected chi connectivity index (χ0v) is 10.6. The molecule has 18 heavy (non-hydrogen) atoms. The third kappa shape index (κ3) is 3.05. The molecule has 1 aromatic carbocycles. The smallest absolute Gasteiger partial charge is 0.173 e. The number of hydrogen-bond acceptors (Lipinski definition) is 4. The quantitative estimate of drug-likeness (QED) is 0.379. The molecule has 1 aliphatic heterocycles. The summed E-state index contributed by atoms with van der Waals surface area (Å²) in [4.78, 5) is 0. The second-order valence-electron chi connectivity index (χ2n) is 4.17. The number of hydrogen-bond donors (Lipinski definition) is 2. The number of halogens is 1. The van der Waals surface area contributed by atoms with Crippen LogP contribution in [-0.4, -0.2) is 30.9 Å². The second-order valence-corrected chi connectivity index (χ2v) is 4.60. The molecule has 2 rings (SSSR count). The van der Waals surface area contributed by atoms with Crippen molar-refractivity contribution in [2.45, 2.75) is 6.42 Å². The van der Waals surface area contributed by atoms with E-state index in [0.29, 0.717) is 35.5 Å². The summed E-state index contributed by atoms with van der Waals surface area (Å²) in [6.45, 7) is 2.04. The van der Waals surface area contributed by atoms with Crippen LogP contribution in [0.4, 0.5) is 0 Å². The van der Waals surface area contributed by atoms with Crippen LogP contribution in [0.15, 0.2) is 23.4 Å². The van der Waals surface area contributed by atoms with Crippen molar-refractivity contribution in [2.24, 2.45) is 16.8 Å². The van der Waals surface area contributed by atoms with E-state index in [1.54, 1.807) is 18.2 Å². The second kappa shape index (κ2) is 5.93. The van der Waals surface area contributed by atoms with E-state index in [0.717, 1.165) is 13.0 Å². The van der Waals surface area contributed by atoms with Crippen molar-refractivity contribution in [2.75, 3.05) is 19.8 Å². The Kier molecular flexibility index (Phi) is 4.28. The van der Waals surface area contributed by atoms with E-state index < -0.39 is 0 Å². The Morgan fingerprint density at radius 2 is 2.44 bits per heavy atom. The zero-order chi connectivity index (χ0) is 13.0. The standard InChI is InChI=1S/C12H15ClN2O3/c13-9-1-2-11(10(5-9)12(14)15-16)18-7-8-3-4-17-6-8/h1-2,5,8,16H,3-4,6-7H2,(H2,14,15). The van der Waals surface area contributed by atoms with Crippen LogP contribution in [0.25, 0.3) is 0 Å². The largest absolute Gasteiger partial charge is 0.492 e. The van der Waals surface area contributed by atoms with E-state index in [1.807, 2.05) is 0 Å². The van der Waals surface area contributed by atoms with Crippen molar-refractivity contribution in [3.63, 3.8) is 0 Å². The predicted octanol–water partition coefficient (Wildman–Crippen LogP) is 1.85. The van der Waals surface area contributed by atoms with Gasteiger partial charge in [-0.25, -0.2) is 0 Å². The molecule has 98 valence electrons. The van der Waals surface area contributed by atoms with Crippen LogP contribution in [0, 0.1) is 5.92 Å². The molecule has 0 radical (unpaired) electrons. The summed E-state index contributed by atoms with van der Waals surface area (Å²) in [6, 6.07) is 5.03. The van der Waals surface area contributed by atoms with Gasteiger partial charge in [-0.05, 0) is 24.6 Å². The minimum atomic E-state index is -0.0184. The maximum Gasteiger partial charge on any atom is 0.173 e. The molecule has 1 heterocycles. The molecule has 1 aromatic rings. The van der Waals surface area contributed by atoms with Gasteiger partial charge >= 0.3 is 0 Å². The van der Waals surface area contributed by atoms with Crippen LogP contribution in [0.2, 0.25) is 5.02 Å². The van der Waals surface area contributed by atoms with Crippen LogP contribution >= 0.6 is 11.6 Å². The Morgan fingerprint density at radius 3 is 3.11 bits per heavy atom. The van der Waals surface area contributed by atoms with E-state index in [4.69, 9.17) is 32.0 Å². The summed E-state index contributed by atoms with van der Waals surface area (Å²) in [5.41, 5.74) is 6.07. The fourth-order valence-electron chi connectivity index (χ4n) is 1.80. The third-order valence-corrected chi connectivity index (χ3v) is 3.06. The van der Waals surface area contributed by atoms with E-state index >= 15 is 0 Å². The molecular weight excluding hydrogens is 256 g/mol. The average Bonchev–Trinajstić information content (AvgIpc) is 2.89. The number of benzene rings is 1. The lowest BCUT2D eigenvalue weighted by atomic mass is 10.1. The molecule has 0 aromatic heterocycles. The number of nitrogens with zero attached hydrogens (tertiary/aromatic N) is 1. The first-order valence-corrected chi connectivity index (χ1v) is 6.06. The van der Waals surface area contributed by atoms with Crippen molar-refractivity contribution in [1.29, 1.82) is 0 Å². The molecule has 1 atom stereocenters. The van der Waals surface area contributed by atoms with E-state index in [9.17, 15) is 0 Å². The maximum absolute atomic E-state index is 8.73. The van der Waals surface area contributed by atoms with E-state index in [1.165, 1.54) is 0 Å². The van der Waals surface area contributed by atoms with Gasteiger partial charge in [0.25, 0.3) is 0 Å². The molecule has 1 unspecified atom stereocenters. The molecule has 1 fully saturated rings. The molecule has 0 aliphatic carbocycles. The lowest BCUT2D eigenvalue weighted by Crippen LogP contribution is -2.17. The van der Waals surface area contributed by atoms with Crippen LogP contribution < -0.4 is 10.5 Å². The Labute approximate surface area is 110 Å². The van der Waals surface area contributed by atoms with Gasteiger partial charge in [-0.3, -0.25) is 0 Å². The fourth-order valence-corrected chi connectivity index (χ4v) is 1.98. The van der Waals surface area contributed by atoms with Gasteiger partial charge in [0, 0.05) is 17.5 Å². The number of ether oxygens (including phenoxy) is 2. The number of amidine groups is 1. The van der Waals surface area contributed by atoms with Gasteiger partial charge in [-0.2, -0.15) is 0 Å². The first-order valence-electron chi connectivity index (χ1n) is 5.68. The molecule has 6 heteroatoms. The molecule has 0 amide bonds. The van der Waals surface area contributed by atoms with Crippen LogP contribution in [0.3, 0.4) is 0 Å². The Morgan fingerprint density at radius 1 is 1.61 bits per heavy atom. The van der Waals surface area contributed by atoms with Gasteiger partial charge < -0.3 is 20.4 Å². The Hall–Kier alpha value is -1.46. The summed E-state index contributed by atoms with van der Waals surface area (Å²) >= 11 is 5.88. The van der Waals surface area contributed by atoms with Crippen molar-refractivity contribution in [3.8, 4) is 5.75 Å². The lowest BCUT2D eigenvalue weighted by molar-refractivity contribution is 0.167. The number of oxime groups is 1. The topological polar surface area (TPSA) is 77.1 Å². The van der Waals surface area contributed by atoms with Gasteiger partial charge in [-0.15, -0.1) is 0 Å². The minimum absolute atomic E-state index is 0.0184.